The van der Waals surface area contributed by atoms with Crippen LogP contribution in [0.4, 0.5) is 0 Å². The summed E-state index contributed by atoms with van der Waals surface area (Å²) in [5.41, 5.74) is 11.5. The minimum atomic E-state index is -0.934. The predicted molar refractivity (Wildman–Crippen MR) is 79.0 cm³/mol. The molecule has 1 aromatic carbocycles. The van der Waals surface area contributed by atoms with E-state index in [1.165, 1.54) is 0 Å². The first-order valence-electron chi connectivity index (χ1n) is 6.02. The zero-order valence-electron chi connectivity index (χ0n) is 11.4. The van der Waals surface area contributed by atoms with E-state index in [1.54, 1.807) is 13.2 Å². The molecule has 0 fully saturated rings. The highest BCUT2D eigenvalue weighted by Gasteiger charge is 2.18. The van der Waals surface area contributed by atoms with Crippen molar-refractivity contribution in [1.29, 1.82) is 0 Å². The van der Waals surface area contributed by atoms with Crippen LogP contribution in [0, 0.1) is 0 Å². The van der Waals surface area contributed by atoms with Gasteiger partial charge in [-0.3, -0.25) is 9.59 Å². The lowest BCUT2D eigenvalue weighted by Crippen LogP contribution is -2.43. The number of nitrogens with two attached hydrogens (primary N) is 2. The van der Waals surface area contributed by atoms with Gasteiger partial charge in [-0.25, -0.2) is 0 Å². The molecule has 0 aliphatic heterocycles. The predicted octanol–water partition coefficient (Wildman–Crippen LogP) is 0.838. The molecule has 7 heteroatoms. The van der Waals surface area contributed by atoms with Crippen molar-refractivity contribution in [3.63, 3.8) is 0 Å². The molecule has 0 saturated heterocycles. The molecule has 110 valence electrons. The van der Waals surface area contributed by atoms with Gasteiger partial charge in [-0.2, -0.15) is 0 Å². The average molecular weight is 344 g/mol. The van der Waals surface area contributed by atoms with Gasteiger partial charge in [0.2, 0.25) is 11.8 Å². The van der Waals surface area contributed by atoms with Gasteiger partial charge in [-0.1, -0.05) is 6.07 Å². The second-order valence-corrected chi connectivity index (χ2v) is 5.26. The van der Waals surface area contributed by atoms with Gasteiger partial charge in [-0.05, 0) is 40.5 Å². The molecule has 1 aromatic rings. The maximum absolute atomic E-state index is 11.8. The van der Waals surface area contributed by atoms with Crippen molar-refractivity contribution < 1.29 is 14.3 Å². The monoisotopic (exact) mass is 343 g/mol. The molecule has 6 nitrogen and oxygen atoms in total. The van der Waals surface area contributed by atoms with Gasteiger partial charge in [0, 0.05) is 0 Å². The maximum atomic E-state index is 11.8. The van der Waals surface area contributed by atoms with Crippen LogP contribution in [0.1, 0.15) is 24.9 Å². The summed E-state index contributed by atoms with van der Waals surface area (Å²) in [5, 5.41) is 2.73. The van der Waals surface area contributed by atoms with Crippen molar-refractivity contribution in [2.75, 3.05) is 7.11 Å². The smallest absolute Gasteiger partial charge is 0.237 e. The van der Waals surface area contributed by atoms with E-state index in [9.17, 15) is 9.59 Å². The summed E-state index contributed by atoms with van der Waals surface area (Å²) in [7, 11) is 1.58. The molecule has 0 heterocycles. The van der Waals surface area contributed by atoms with Gasteiger partial charge in [0.05, 0.1) is 30.1 Å². The van der Waals surface area contributed by atoms with Crippen LogP contribution in [0.3, 0.4) is 0 Å². The highest BCUT2D eigenvalue weighted by atomic mass is 79.9. The average Bonchev–Trinajstić information content (AvgIpc) is 2.37. The lowest BCUT2D eigenvalue weighted by Gasteiger charge is -2.18. The number of benzene rings is 1. The van der Waals surface area contributed by atoms with E-state index in [0.29, 0.717) is 5.75 Å². The number of hydrogen-bond acceptors (Lipinski definition) is 4. The largest absolute Gasteiger partial charge is 0.496 e. The lowest BCUT2D eigenvalue weighted by molar-refractivity contribution is -0.126. The molecule has 2 unspecified atom stereocenters. The number of halogens is 1. The number of methoxy groups -OCH3 is 1. The van der Waals surface area contributed by atoms with Crippen LogP contribution in [0.25, 0.3) is 0 Å². The summed E-state index contributed by atoms with van der Waals surface area (Å²) < 4.78 is 5.93. The third kappa shape index (κ3) is 4.50. The molecular formula is C13H18BrN3O3. The fourth-order valence-corrected chi connectivity index (χ4v) is 2.22. The Hall–Kier alpha value is -1.60. The fourth-order valence-electron chi connectivity index (χ4n) is 1.67. The van der Waals surface area contributed by atoms with Gasteiger partial charge in [0.25, 0.3) is 0 Å². The minimum absolute atomic E-state index is 0.176. The topological polar surface area (TPSA) is 107 Å². The van der Waals surface area contributed by atoms with Crippen molar-refractivity contribution in [1.82, 2.24) is 5.32 Å². The SMILES string of the molecule is COc1ccc(C(C)NC(=O)C(N)CC(N)=O)cc1Br. The quantitative estimate of drug-likeness (QED) is 0.711. The Balaban J connectivity index is 2.71. The summed E-state index contributed by atoms with van der Waals surface area (Å²) >= 11 is 3.38. The van der Waals surface area contributed by atoms with E-state index in [4.69, 9.17) is 16.2 Å². The van der Waals surface area contributed by atoms with Gasteiger partial charge in [0.15, 0.2) is 0 Å². The molecule has 0 saturated carbocycles. The van der Waals surface area contributed by atoms with Crippen LogP contribution in [-0.2, 0) is 9.59 Å². The van der Waals surface area contributed by atoms with Gasteiger partial charge in [-0.15, -0.1) is 0 Å². The molecule has 2 atom stereocenters. The van der Waals surface area contributed by atoms with E-state index in [0.717, 1.165) is 10.0 Å². The van der Waals surface area contributed by atoms with E-state index in [2.05, 4.69) is 21.2 Å². The Kier molecular flexibility index (Phi) is 5.97. The molecular weight excluding hydrogens is 326 g/mol. The first kappa shape index (κ1) is 16.5. The molecule has 0 spiro atoms. The summed E-state index contributed by atoms with van der Waals surface area (Å²) in [6.45, 7) is 1.82. The first-order valence-corrected chi connectivity index (χ1v) is 6.82. The van der Waals surface area contributed by atoms with Crippen LogP contribution in [0.5, 0.6) is 5.75 Å². The van der Waals surface area contributed by atoms with Gasteiger partial charge >= 0.3 is 0 Å². The lowest BCUT2D eigenvalue weighted by atomic mass is 10.1. The van der Waals surface area contributed by atoms with Gasteiger partial charge in [0.1, 0.15) is 5.75 Å². The highest BCUT2D eigenvalue weighted by Crippen LogP contribution is 2.27. The minimum Gasteiger partial charge on any atom is -0.496 e. The standard InChI is InChI=1S/C13H18BrN3O3/c1-7(17-13(19)10(15)6-12(16)18)8-3-4-11(20-2)9(14)5-8/h3-5,7,10H,6,15H2,1-2H3,(H2,16,18)(H,17,19). The fraction of sp³-hybridized carbons (Fsp3) is 0.385. The van der Waals surface area contributed by atoms with Crippen molar-refractivity contribution in [2.45, 2.75) is 25.4 Å². The van der Waals surface area contributed by atoms with Crippen molar-refractivity contribution in [2.24, 2.45) is 11.5 Å². The highest BCUT2D eigenvalue weighted by molar-refractivity contribution is 9.10. The second kappa shape index (κ2) is 7.25. The number of amides is 2. The second-order valence-electron chi connectivity index (χ2n) is 4.40. The van der Waals surface area contributed by atoms with Crippen LogP contribution in [-0.4, -0.2) is 25.0 Å². The van der Waals surface area contributed by atoms with E-state index in [-0.39, 0.29) is 12.5 Å². The molecule has 2 amide bonds. The zero-order valence-corrected chi connectivity index (χ0v) is 12.9. The van der Waals surface area contributed by atoms with Crippen molar-refractivity contribution in [3.05, 3.63) is 28.2 Å². The summed E-state index contributed by atoms with van der Waals surface area (Å²) in [4.78, 5) is 22.5. The summed E-state index contributed by atoms with van der Waals surface area (Å²) in [6.07, 6.45) is -0.176. The number of ether oxygens (including phenoxy) is 1. The number of rotatable bonds is 6. The number of carbonyl (C=O) groups excluding carboxylic acids is 2. The van der Waals surface area contributed by atoms with E-state index < -0.39 is 17.9 Å². The van der Waals surface area contributed by atoms with Gasteiger partial charge < -0.3 is 21.5 Å². The Bertz CT molecular complexity index is 508. The Morgan fingerprint density at radius 1 is 1.45 bits per heavy atom. The van der Waals surface area contributed by atoms with E-state index in [1.807, 2.05) is 19.1 Å². The molecule has 5 N–H and O–H groups in total. The van der Waals surface area contributed by atoms with Crippen LogP contribution >= 0.6 is 15.9 Å². The number of nitrogens with one attached hydrogen (secondary N) is 1. The van der Waals surface area contributed by atoms with E-state index >= 15 is 0 Å². The molecule has 20 heavy (non-hydrogen) atoms. The molecule has 0 aliphatic rings. The zero-order chi connectivity index (χ0) is 15.3. The van der Waals surface area contributed by atoms with Crippen LogP contribution < -0.4 is 21.5 Å². The Morgan fingerprint density at radius 2 is 2.10 bits per heavy atom. The third-order valence-corrected chi connectivity index (χ3v) is 3.41. The molecule has 0 aromatic heterocycles. The molecule has 0 radical (unpaired) electrons. The molecule has 1 rings (SSSR count). The first-order chi connectivity index (χ1) is 9.35. The summed E-state index contributed by atoms with van der Waals surface area (Å²) in [6, 6.07) is 4.31. The van der Waals surface area contributed by atoms with Crippen LogP contribution in [0.2, 0.25) is 0 Å². The maximum Gasteiger partial charge on any atom is 0.237 e. The number of primary amides is 1. The summed E-state index contributed by atoms with van der Waals surface area (Å²) in [5.74, 6) is -0.312. The normalized spacial score (nSPS) is 13.4. The Morgan fingerprint density at radius 3 is 2.60 bits per heavy atom. The Labute approximate surface area is 126 Å². The molecule has 0 aliphatic carbocycles. The third-order valence-electron chi connectivity index (χ3n) is 2.79. The molecule has 0 bridgehead atoms. The van der Waals surface area contributed by atoms with Crippen molar-refractivity contribution in [3.8, 4) is 5.75 Å². The number of carbonyl (C=O) groups is 2. The van der Waals surface area contributed by atoms with Crippen LogP contribution in [0.15, 0.2) is 22.7 Å². The van der Waals surface area contributed by atoms with Crippen molar-refractivity contribution >= 4 is 27.7 Å². The number of hydrogen-bond donors (Lipinski definition) is 3.